The topological polar surface area (TPSA) is 15.3 Å². The number of hydrogen-bond donors (Lipinski definition) is 1. The number of likely N-dealkylation sites (N-methyl/N-ethyl adjacent to an activating group) is 1. The number of rotatable bonds is 8. The molecule has 108 valence electrons. The van der Waals surface area contributed by atoms with Crippen molar-refractivity contribution in [3.05, 3.63) is 0 Å². The quantitative estimate of drug-likeness (QED) is 0.523. The highest BCUT2D eigenvalue weighted by molar-refractivity contribution is 4.77. The van der Waals surface area contributed by atoms with E-state index < -0.39 is 0 Å². The van der Waals surface area contributed by atoms with Gasteiger partial charge in [-0.1, -0.05) is 45.4 Å². The van der Waals surface area contributed by atoms with Gasteiger partial charge in [0.15, 0.2) is 0 Å². The van der Waals surface area contributed by atoms with E-state index in [9.17, 15) is 0 Å². The van der Waals surface area contributed by atoms with Crippen molar-refractivity contribution >= 4 is 0 Å². The van der Waals surface area contributed by atoms with Gasteiger partial charge in [-0.25, -0.2) is 0 Å². The van der Waals surface area contributed by atoms with Crippen LogP contribution in [0.4, 0.5) is 0 Å². The van der Waals surface area contributed by atoms with Crippen molar-refractivity contribution in [2.24, 2.45) is 0 Å². The number of unbranched alkanes of at least 4 members (excludes halogenated alkanes) is 2. The Balaban J connectivity index is 2.16. The highest BCUT2D eigenvalue weighted by Gasteiger charge is 2.20. The largest absolute Gasteiger partial charge is 0.315 e. The van der Waals surface area contributed by atoms with Gasteiger partial charge in [0.1, 0.15) is 0 Å². The van der Waals surface area contributed by atoms with E-state index in [1.54, 1.807) is 0 Å². The molecule has 1 saturated carbocycles. The SMILES string of the molecule is CCCCCNCC(C)N(C)C1CCCCCC1. The van der Waals surface area contributed by atoms with Gasteiger partial charge in [-0.15, -0.1) is 0 Å². The highest BCUT2D eigenvalue weighted by atomic mass is 15.2. The van der Waals surface area contributed by atoms with E-state index >= 15 is 0 Å². The molecule has 0 aromatic heterocycles. The lowest BCUT2D eigenvalue weighted by atomic mass is 10.1. The fraction of sp³-hybridized carbons (Fsp3) is 1.00. The van der Waals surface area contributed by atoms with Crippen molar-refractivity contribution in [1.82, 2.24) is 10.2 Å². The van der Waals surface area contributed by atoms with Crippen LogP contribution in [0.2, 0.25) is 0 Å². The van der Waals surface area contributed by atoms with Crippen LogP contribution >= 0.6 is 0 Å². The van der Waals surface area contributed by atoms with Gasteiger partial charge < -0.3 is 5.32 Å². The first-order valence-corrected chi connectivity index (χ1v) is 8.18. The molecule has 0 heterocycles. The molecule has 2 nitrogen and oxygen atoms in total. The van der Waals surface area contributed by atoms with E-state index in [1.165, 1.54) is 64.3 Å². The molecule has 0 aliphatic heterocycles. The van der Waals surface area contributed by atoms with Crippen LogP contribution in [-0.4, -0.2) is 37.1 Å². The Morgan fingerprint density at radius 1 is 1.11 bits per heavy atom. The zero-order valence-corrected chi connectivity index (χ0v) is 12.9. The molecule has 1 aliphatic carbocycles. The molecule has 0 amide bonds. The van der Waals surface area contributed by atoms with E-state index in [0.717, 1.165) is 12.6 Å². The number of nitrogens with one attached hydrogen (secondary N) is 1. The van der Waals surface area contributed by atoms with Crippen LogP contribution in [0.5, 0.6) is 0 Å². The first-order chi connectivity index (χ1) is 8.75. The van der Waals surface area contributed by atoms with Gasteiger partial charge in [0.2, 0.25) is 0 Å². The van der Waals surface area contributed by atoms with Crippen molar-refractivity contribution in [2.75, 3.05) is 20.1 Å². The van der Waals surface area contributed by atoms with Crippen LogP contribution in [0.15, 0.2) is 0 Å². The maximum atomic E-state index is 3.61. The van der Waals surface area contributed by atoms with E-state index in [-0.39, 0.29) is 0 Å². The minimum absolute atomic E-state index is 0.676. The summed E-state index contributed by atoms with van der Waals surface area (Å²) in [5.41, 5.74) is 0. The normalized spacial score (nSPS) is 20.0. The van der Waals surface area contributed by atoms with Gasteiger partial charge in [-0.05, 0) is 39.8 Å². The number of nitrogens with zero attached hydrogens (tertiary/aromatic N) is 1. The third-order valence-electron chi connectivity index (χ3n) is 4.49. The van der Waals surface area contributed by atoms with Crippen LogP contribution < -0.4 is 5.32 Å². The molecule has 0 radical (unpaired) electrons. The lowest BCUT2D eigenvalue weighted by Crippen LogP contribution is -2.43. The van der Waals surface area contributed by atoms with Crippen LogP contribution in [0, 0.1) is 0 Å². The second-order valence-corrected chi connectivity index (χ2v) is 6.07. The highest BCUT2D eigenvalue weighted by Crippen LogP contribution is 2.22. The molecule has 0 aromatic carbocycles. The minimum atomic E-state index is 0.676. The second-order valence-electron chi connectivity index (χ2n) is 6.07. The monoisotopic (exact) mass is 254 g/mol. The average molecular weight is 254 g/mol. The lowest BCUT2D eigenvalue weighted by Gasteiger charge is -2.33. The fourth-order valence-corrected chi connectivity index (χ4v) is 2.98. The molecule has 0 saturated heterocycles. The smallest absolute Gasteiger partial charge is 0.0192 e. The Kier molecular flexibility index (Phi) is 8.70. The summed E-state index contributed by atoms with van der Waals surface area (Å²) in [6, 6.07) is 1.51. The Morgan fingerprint density at radius 3 is 2.39 bits per heavy atom. The number of hydrogen-bond acceptors (Lipinski definition) is 2. The standard InChI is InChI=1S/C16H34N2/c1-4-5-10-13-17-14-15(2)18(3)16-11-8-6-7-9-12-16/h15-17H,4-14H2,1-3H3. The van der Waals surface area contributed by atoms with Gasteiger partial charge in [-0.3, -0.25) is 4.90 Å². The van der Waals surface area contributed by atoms with Gasteiger partial charge >= 0.3 is 0 Å². The fourth-order valence-electron chi connectivity index (χ4n) is 2.98. The summed E-state index contributed by atoms with van der Waals surface area (Å²) in [5, 5.41) is 3.61. The summed E-state index contributed by atoms with van der Waals surface area (Å²) in [7, 11) is 2.33. The second kappa shape index (κ2) is 9.80. The molecule has 1 unspecified atom stereocenters. The summed E-state index contributed by atoms with van der Waals surface area (Å²) in [5.74, 6) is 0. The van der Waals surface area contributed by atoms with Crippen molar-refractivity contribution in [3.63, 3.8) is 0 Å². The molecule has 1 rings (SSSR count). The molecular formula is C16H34N2. The van der Waals surface area contributed by atoms with Gasteiger partial charge in [0.25, 0.3) is 0 Å². The molecule has 0 bridgehead atoms. The summed E-state index contributed by atoms with van der Waals surface area (Å²) in [6.07, 6.45) is 12.6. The van der Waals surface area contributed by atoms with Crippen LogP contribution in [0.3, 0.4) is 0 Å². The Morgan fingerprint density at radius 2 is 1.78 bits per heavy atom. The van der Waals surface area contributed by atoms with Gasteiger partial charge in [-0.2, -0.15) is 0 Å². The van der Waals surface area contributed by atoms with Crippen molar-refractivity contribution in [2.45, 2.75) is 83.7 Å². The van der Waals surface area contributed by atoms with E-state index in [1.807, 2.05) is 0 Å². The lowest BCUT2D eigenvalue weighted by molar-refractivity contribution is 0.165. The minimum Gasteiger partial charge on any atom is -0.315 e. The summed E-state index contributed by atoms with van der Waals surface area (Å²) in [4.78, 5) is 2.62. The van der Waals surface area contributed by atoms with Crippen LogP contribution in [0.25, 0.3) is 0 Å². The van der Waals surface area contributed by atoms with E-state index in [0.29, 0.717) is 6.04 Å². The molecule has 0 aromatic rings. The Labute approximate surface area is 115 Å². The average Bonchev–Trinajstić information content (AvgIpc) is 2.66. The van der Waals surface area contributed by atoms with Gasteiger partial charge in [0.05, 0.1) is 0 Å². The molecule has 18 heavy (non-hydrogen) atoms. The van der Waals surface area contributed by atoms with E-state index in [2.05, 4.69) is 31.1 Å². The first kappa shape index (κ1) is 16.0. The molecule has 2 heteroatoms. The predicted molar refractivity (Wildman–Crippen MR) is 81.1 cm³/mol. The van der Waals surface area contributed by atoms with Crippen LogP contribution in [0.1, 0.15) is 71.6 Å². The molecule has 1 N–H and O–H groups in total. The third kappa shape index (κ3) is 6.19. The predicted octanol–water partition coefficient (Wildman–Crippen LogP) is 3.81. The molecule has 1 fully saturated rings. The van der Waals surface area contributed by atoms with Crippen molar-refractivity contribution in [3.8, 4) is 0 Å². The van der Waals surface area contributed by atoms with Crippen molar-refractivity contribution < 1.29 is 0 Å². The van der Waals surface area contributed by atoms with Gasteiger partial charge in [0, 0.05) is 18.6 Å². The first-order valence-electron chi connectivity index (χ1n) is 8.18. The van der Waals surface area contributed by atoms with Crippen LogP contribution in [-0.2, 0) is 0 Å². The summed E-state index contributed by atoms with van der Waals surface area (Å²) in [6.45, 7) is 6.98. The maximum absolute atomic E-state index is 3.61. The Bertz CT molecular complexity index is 186. The third-order valence-corrected chi connectivity index (χ3v) is 4.49. The molecule has 0 spiro atoms. The molecule has 1 aliphatic rings. The summed E-state index contributed by atoms with van der Waals surface area (Å²) < 4.78 is 0. The Hall–Kier alpha value is -0.0800. The molecule has 1 atom stereocenters. The summed E-state index contributed by atoms with van der Waals surface area (Å²) >= 11 is 0. The van der Waals surface area contributed by atoms with Crippen molar-refractivity contribution in [1.29, 1.82) is 0 Å². The molecular weight excluding hydrogens is 220 g/mol. The maximum Gasteiger partial charge on any atom is 0.0192 e. The zero-order chi connectivity index (χ0) is 13.2. The van der Waals surface area contributed by atoms with E-state index in [4.69, 9.17) is 0 Å². The zero-order valence-electron chi connectivity index (χ0n) is 12.9.